The van der Waals surface area contributed by atoms with Gasteiger partial charge in [-0.15, -0.1) is 11.3 Å². The van der Waals surface area contributed by atoms with Crippen LogP contribution in [0.3, 0.4) is 0 Å². The second-order valence-corrected chi connectivity index (χ2v) is 7.14. The summed E-state index contributed by atoms with van der Waals surface area (Å²) < 4.78 is 1.22. The number of likely N-dealkylation sites (N-methyl/N-ethyl adjacent to an activating group) is 1. The van der Waals surface area contributed by atoms with E-state index in [-0.39, 0.29) is 0 Å². The van der Waals surface area contributed by atoms with Crippen LogP contribution in [0.4, 0.5) is 0 Å². The molecule has 0 aliphatic rings. The van der Waals surface area contributed by atoms with Crippen molar-refractivity contribution in [2.75, 3.05) is 7.05 Å². The summed E-state index contributed by atoms with van der Waals surface area (Å²) in [6, 6.07) is 4.89. The van der Waals surface area contributed by atoms with Crippen LogP contribution in [0.15, 0.2) is 15.9 Å². The van der Waals surface area contributed by atoms with Crippen LogP contribution >= 0.6 is 27.3 Å². The Hall–Kier alpha value is 0.140. The van der Waals surface area contributed by atoms with Gasteiger partial charge in [0.15, 0.2) is 0 Å². The van der Waals surface area contributed by atoms with E-state index in [0.717, 1.165) is 6.42 Å². The summed E-state index contributed by atoms with van der Waals surface area (Å²) in [5.74, 6) is 0. The SMILES string of the molecule is CCC(C)(C)C(Cc1ccc(Br)s1)NC. The van der Waals surface area contributed by atoms with Crippen LogP contribution in [0.2, 0.25) is 0 Å². The highest BCUT2D eigenvalue weighted by Gasteiger charge is 2.26. The van der Waals surface area contributed by atoms with Crippen molar-refractivity contribution in [1.82, 2.24) is 5.32 Å². The van der Waals surface area contributed by atoms with Crippen LogP contribution in [-0.2, 0) is 6.42 Å². The van der Waals surface area contributed by atoms with E-state index in [4.69, 9.17) is 0 Å². The maximum Gasteiger partial charge on any atom is 0.0701 e. The molecule has 0 aliphatic heterocycles. The smallest absolute Gasteiger partial charge is 0.0701 e. The Kier molecular flexibility index (Phi) is 4.81. The number of thiophene rings is 1. The Morgan fingerprint density at radius 3 is 2.53 bits per heavy atom. The largest absolute Gasteiger partial charge is 0.316 e. The molecule has 15 heavy (non-hydrogen) atoms. The van der Waals surface area contributed by atoms with Crippen molar-refractivity contribution >= 4 is 27.3 Å². The molecule has 1 aromatic rings. The summed E-state index contributed by atoms with van der Waals surface area (Å²) in [7, 11) is 2.06. The van der Waals surface area contributed by atoms with Gasteiger partial charge in [-0.2, -0.15) is 0 Å². The van der Waals surface area contributed by atoms with Crippen LogP contribution in [0.25, 0.3) is 0 Å². The zero-order chi connectivity index (χ0) is 11.5. The first-order valence-corrected chi connectivity index (χ1v) is 7.02. The van der Waals surface area contributed by atoms with Crippen LogP contribution in [0.1, 0.15) is 32.1 Å². The predicted octanol–water partition coefficient (Wildman–Crippen LogP) is 4.08. The van der Waals surface area contributed by atoms with E-state index in [0.29, 0.717) is 11.5 Å². The Bertz CT molecular complexity index is 306. The normalized spacial score (nSPS) is 14.2. The highest BCUT2D eigenvalue weighted by molar-refractivity contribution is 9.11. The number of hydrogen-bond donors (Lipinski definition) is 1. The average Bonchev–Trinajstić information content (AvgIpc) is 2.60. The lowest BCUT2D eigenvalue weighted by Gasteiger charge is -2.33. The zero-order valence-electron chi connectivity index (χ0n) is 9.93. The quantitative estimate of drug-likeness (QED) is 0.861. The monoisotopic (exact) mass is 289 g/mol. The van der Waals surface area contributed by atoms with Crippen molar-refractivity contribution in [3.8, 4) is 0 Å². The van der Waals surface area contributed by atoms with Crippen LogP contribution < -0.4 is 5.32 Å². The third kappa shape index (κ3) is 3.58. The van der Waals surface area contributed by atoms with Gasteiger partial charge in [0, 0.05) is 10.9 Å². The molecule has 1 atom stereocenters. The molecule has 1 heterocycles. The first kappa shape index (κ1) is 13.2. The molecule has 0 saturated carbocycles. The number of nitrogens with one attached hydrogen (secondary N) is 1. The summed E-state index contributed by atoms with van der Waals surface area (Å²) >= 11 is 5.34. The van der Waals surface area contributed by atoms with Crippen molar-refractivity contribution in [2.45, 2.75) is 39.7 Å². The Morgan fingerprint density at radius 2 is 2.13 bits per heavy atom. The average molecular weight is 290 g/mol. The van der Waals surface area contributed by atoms with Gasteiger partial charge >= 0.3 is 0 Å². The minimum Gasteiger partial charge on any atom is -0.316 e. The molecule has 0 saturated heterocycles. The first-order valence-electron chi connectivity index (χ1n) is 5.41. The van der Waals surface area contributed by atoms with Crippen molar-refractivity contribution < 1.29 is 0 Å². The molecular formula is C12H20BrNS. The zero-order valence-corrected chi connectivity index (χ0v) is 12.3. The van der Waals surface area contributed by atoms with Crippen LogP contribution in [0.5, 0.6) is 0 Å². The van der Waals surface area contributed by atoms with Gasteiger partial charge in [0.1, 0.15) is 0 Å². The summed E-state index contributed by atoms with van der Waals surface area (Å²) in [5, 5.41) is 3.44. The van der Waals surface area contributed by atoms with Gasteiger partial charge in [-0.3, -0.25) is 0 Å². The second-order valence-electron chi connectivity index (χ2n) is 4.59. The lowest BCUT2D eigenvalue weighted by molar-refractivity contribution is 0.241. The fourth-order valence-electron chi connectivity index (χ4n) is 1.68. The van der Waals surface area contributed by atoms with Gasteiger partial charge in [-0.1, -0.05) is 20.8 Å². The van der Waals surface area contributed by atoms with Gasteiger partial charge < -0.3 is 5.32 Å². The van der Waals surface area contributed by atoms with Gasteiger partial charge in [-0.05, 0) is 53.4 Å². The maximum absolute atomic E-state index is 3.51. The molecule has 0 radical (unpaired) electrons. The Morgan fingerprint density at radius 1 is 1.47 bits per heavy atom. The third-order valence-electron chi connectivity index (χ3n) is 3.24. The second kappa shape index (κ2) is 5.46. The molecule has 0 amide bonds. The molecule has 1 rings (SSSR count). The number of rotatable bonds is 5. The van der Waals surface area contributed by atoms with Crippen LogP contribution in [0, 0.1) is 5.41 Å². The predicted molar refractivity (Wildman–Crippen MR) is 72.6 cm³/mol. The van der Waals surface area contributed by atoms with Crippen molar-refractivity contribution in [3.05, 3.63) is 20.8 Å². The Labute approximate surface area is 105 Å². The number of hydrogen-bond acceptors (Lipinski definition) is 2. The van der Waals surface area contributed by atoms with E-state index in [9.17, 15) is 0 Å². The minimum atomic E-state index is 0.352. The van der Waals surface area contributed by atoms with Crippen molar-refractivity contribution in [2.24, 2.45) is 5.41 Å². The molecule has 0 bridgehead atoms. The molecule has 1 N–H and O–H groups in total. The van der Waals surface area contributed by atoms with Gasteiger partial charge in [0.05, 0.1) is 3.79 Å². The van der Waals surface area contributed by atoms with E-state index < -0.39 is 0 Å². The Balaban J connectivity index is 2.69. The molecule has 1 nitrogen and oxygen atoms in total. The first-order chi connectivity index (χ1) is 6.99. The van der Waals surface area contributed by atoms with E-state index in [1.54, 1.807) is 0 Å². The maximum atomic E-state index is 3.51. The minimum absolute atomic E-state index is 0.352. The van der Waals surface area contributed by atoms with E-state index in [2.05, 4.69) is 61.2 Å². The third-order valence-corrected chi connectivity index (χ3v) is 4.88. The van der Waals surface area contributed by atoms with E-state index in [1.165, 1.54) is 15.1 Å². The fourth-order valence-corrected chi connectivity index (χ4v) is 3.21. The molecule has 0 aromatic carbocycles. The summed E-state index contributed by atoms with van der Waals surface area (Å²) in [6.45, 7) is 6.92. The van der Waals surface area contributed by atoms with Gasteiger partial charge in [-0.25, -0.2) is 0 Å². The molecule has 86 valence electrons. The molecule has 3 heteroatoms. The molecule has 1 aromatic heterocycles. The highest BCUT2D eigenvalue weighted by atomic mass is 79.9. The standard InChI is InChI=1S/C12H20BrNS/c1-5-12(2,3)10(14-4)8-9-6-7-11(13)15-9/h6-7,10,14H,5,8H2,1-4H3. The van der Waals surface area contributed by atoms with E-state index >= 15 is 0 Å². The summed E-state index contributed by atoms with van der Waals surface area (Å²) in [4.78, 5) is 1.45. The lowest BCUT2D eigenvalue weighted by atomic mass is 9.80. The molecule has 1 unspecified atom stereocenters. The number of halogens is 1. The van der Waals surface area contributed by atoms with Crippen LogP contribution in [-0.4, -0.2) is 13.1 Å². The molecule has 0 fully saturated rings. The van der Waals surface area contributed by atoms with Gasteiger partial charge in [0.2, 0.25) is 0 Å². The van der Waals surface area contributed by atoms with E-state index in [1.807, 2.05) is 11.3 Å². The molecular weight excluding hydrogens is 270 g/mol. The lowest BCUT2D eigenvalue weighted by Crippen LogP contribution is -2.41. The van der Waals surface area contributed by atoms with Gasteiger partial charge in [0.25, 0.3) is 0 Å². The topological polar surface area (TPSA) is 12.0 Å². The highest BCUT2D eigenvalue weighted by Crippen LogP contribution is 2.30. The van der Waals surface area contributed by atoms with Crippen molar-refractivity contribution in [3.63, 3.8) is 0 Å². The summed E-state index contributed by atoms with van der Waals surface area (Å²) in [5.41, 5.74) is 0.352. The van der Waals surface area contributed by atoms with Crippen molar-refractivity contribution in [1.29, 1.82) is 0 Å². The molecule has 0 spiro atoms. The fraction of sp³-hybridized carbons (Fsp3) is 0.667. The summed E-state index contributed by atoms with van der Waals surface area (Å²) in [6.07, 6.45) is 2.32. The molecule has 0 aliphatic carbocycles.